The highest BCUT2D eigenvalue weighted by molar-refractivity contribution is 5.83. The fraction of sp³-hybridized carbons (Fsp3) is 0.615. The van der Waals surface area contributed by atoms with Crippen LogP contribution in [0.4, 0.5) is 4.79 Å². The SMILES string of the molecule is COCC1=CCN(C(=O)N[C@H](CCC(N)=O)C(=O)O)CC1. The molecule has 1 heterocycles. The van der Waals surface area contributed by atoms with Gasteiger partial charge < -0.3 is 25.8 Å². The lowest BCUT2D eigenvalue weighted by molar-refractivity contribution is -0.139. The Morgan fingerprint density at radius 3 is 2.71 bits per heavy atom. The Morgan fingerprint density at radius 1 is 1.52 bits per heavy atom. The molecule has 0 saturated heterocycles. The van der Waals surface area contributed by atoms with Crippen LogP contribution in [0.1, 0.15) is 19.3 Å². The Kier molecular flexibility index (Phi) is 6.67. The summed E-state index contributed by atoms with van der Waals surface area (Å²) in [5.74, 6) is -1.78. The molecule has 3 amide bonds. The van der Waals surface area contributed by atoms with Crippen molar-refractivity contribution in [2.24, 2.45) is 5.73 Å². The number of carbonyl (C=O) groups is 3. The van der Waals surface area contributed by atoms with E-state index in [-0.39, 0.29) is 12.8 Å². The first-order chi connectivity index (χ1) is 9.93. The topological polar surface area (TPSA) is 122 Å². The van der Waals surface area contributed by atoms with Crippen molar-refractivity contribution in [2.45, 2.75) is 25.3 Å². The average molecular weight is 299 g/mol. The molecule has 8 nitrogen and oxygen atoms in total. The minimum atomic E-state index is -1.18. The molecule has 0 saturated carbocycles. The van der Waals surface area contributed by atoms with Crippen molar-refractivity contribution in [2.75, 3.05) is 26.8 Å². The molecule has 0 radical (unpaired) electrons. The van der Waals surface area contributed by atoms with Crippen LogP contribution >= 0.6 is 0 Å². The van der Waals surface area contributed by atoms with Gasteiger partial charge in [0, 0.05) is 26.6 Å². The van der Waals surface area contributed by atoms with Gasteiger partial charge >= 0.3 is 12.0 Å². The molecular weight excluding hydrogens is 278 g/mol. The molecule has 0 aliphatic carbocycles. The number of amides is 3. The van der Waals surface area contributed by atoms with E-state index in [9.17, 15) is 14.4 Å². The lowest BCUT2D eigenvalue weighted by Crippen LogP contribution is -2.49. The molecular formula is C13H21N3O5. The second kappa shape index (κ2) is 8.25. The fourth-order valence-corrected chi connectivity index (χ4v) is 2.00. The number of urea groups is 1. The molecule has 0 aromatic rings. The Balaban J connectivity index is 2.51. The summed E-state index contributed by atoms with van der Waals surface area (Å²) >= 11 is 0. The summed E-state index contributed by atoms with van der Waals surface area (Å²) in [5.41, 5.74) is 6.10. The predicted octanol–water partition coefficient (Wildman–Crippen LogP) is -0.307. The van der Waals surface area contributed by atoms with Crippen molar-refractivity contribution in [3.63, 3.8) is 0 Å². The van der Waals surface area contributed by atoms with Crippen LogP contribution in [-0.2, 0) is 14.3 Å². The smallest absolute Gasteiger partial charge is 0.326 e. The zero-order chi connectivity index (χ0) is 15.8. The second-order valence-corrected chi connectivity index (χ2v) is 4.84. The van der Waals surface area contributed by atoms with E-state index >= 15 is 0 Å². The van der Waals surface area contributed by atoms with Crippen LogP contribution in [0, 0.1) is 0 Å². The number of nitrogens with two attached hydrogens (primary N) is 1. The summed E-state index contributed by atoms with van der Waals surface area (Å²) in [5, 5.41) is 11.4. The number of rotatable bonds is 7. The highest BCUT2D eigenvalue weighted by atomic mass is 16.5. The number of carboxylic acid groups (broad SMARTS) is 1. The summed E-state index contributed by atoms with van der Waals surface area (Å²) < 4.78 is 5.02. The first-order valence-corrected chi connectivity index (χ1v) is 6.67. The van der Waals surface area contributed by atoms with Gasteiger partial charge in [0.05, 0.1) is 6.61 Å². The van der Waals surface area contributed by atoms with Crippen LogP contribution in [0.25, 0.3) is 0 Å². The van der Waals surface area contributed by atoms with Crippen molar-refractivity contribution in [1.29, 1.82) is 0 Å². The number of carbonyl (C=O) groups excluding carboxylic acids is 2. The van der Waals surface area contributed by atoms with Crippen molar-refractivity contribution < 1.29 is 24.2 Å². The number of methoxy groups -OCH3 is 1. The van der Waals surface area contributed by atoms with E-state index < -0.39 is 23.9 Å². The number of hydrogen-bond donors (Lipinski definition) is 3. The van der Waals surface area contributed by atoms with Gasteiger partial charge in [0.2, 0.25) is 5.91 Å². The van der Waals surface area contributed by atoms with Gasteiger partial charge in [-0.1, -0.05) is 6.08 Å². The normalized spacial score (nSPS) is 16.0. The predicted molar refractivity (Wildman–Crippen MR) is 74.5 cm³/mol. The largest absolute Gasteiger partial charge is 0.480 e. The molecule has 4 N–H and O–H groups in total. The van der Waals surface area contributed by atoms with Crippen LogP contribution in [0.2, 0.25) is 0 Å². The van der Waals surface area contributed by atoms with Gasteiger partial charge in [0.25, 0.3) is 0 Å². The average Bonchev–Trinajstić information content (AvgIpc) is 2.43. The lowest BCUT2D eigenvalue weighted by Gasteiger charge is -2.28. The van der Waals surface area contributed by atoms with Crippen molar-refractivity contribution in [1.82, 2.24) is 10.2 Å². The van der Waals surface area contributed by atoms with E-state index in [0.29, 0.717) is 26.1 Å². The molecule has 0 aromatic carbocycles. The van der Waals surface area contributed by atoms with Crippen LogP contribution in [-0.4, -0.2) is 60.8 Å². The Bertz CT molecular complexity index is 436. The second-order valence-electron chi connectivity index (χ2n) is 4.84. The first-order valence-electron chi connectivity index (χ1n) is 6.67. The molecule has 1 atom stereocenters. The minimum absolute atomic E-state index is 0.0188. The maximum absolute atomic E-state index is 12.0. The first kappa shape index (κ1) is 17.0. The van der Waals surface area contributed by atoms with E-state index in [4.69, 9.17) is 15.6 Å². The number of hydrogen-bond acceptors (Lipinski definition) is 4. The van der Waals surface area contributed by atoms with Crippen LogP contribution in [0.15, 0.2) is 11.6 Å². The highest BCUT2D eigenvalue weighted by Crippen LogP contribution is 2.11. The third-order valence-electron chi connectivity index (χ3n) is 3.20. The quantitative estimate of drug-likeness (QED) is 0.557. The number of carboxylic acids is 1. The number of primary amides is 1. The number of aliphatic carboxylic acids is 1. The van der Waals surface area contributed by atoms with Crippen LogP contribution < -0.4 is 11.1 Å². The summed E-state index contributed by atoms with van der Waals surface area (Å²) in [6, 6.07) is -1.58. The maximum Gasteiger partial charge on any atom is 0.326 e. The Hall–Kier alpha value is -2.09. The lowest BCUT2D eigenvalue weighted by atomic mass is 10.1. The van der Waals surface area contributed by atoms with Gasteiger partial charge in [-0.3, -0.25) is 4.79 Å². The van der Waals surface area contributed by atoms with Gasteiger partial charge in [-0.25, -0.2) is 9.59 Å². The van der Waals surface area contributed by atoms with E-state index in [1.165, 1.54) is 4.90 Å². The van der Waals surface area contributed by atoms with E-state index in [0.717, 1.165) is 5.57 Å². The summed E-state index contributed by atoms with van der Waals surface area (Å²) in [6.07, 6.45) is 2.48. The molecule has 0 unspecified atom stereocenters. The Morgan fingerprint density at radius 2 is 2.24 bits per heavy atom. The molecule has 0 spiro atoms. The van der Waals surface area contributed by atoms with Gasteiger partial charge in [-0.2, -0.15) is 0 Å². The molecule has 0 aromatic heterocycles. The van der Waals surface area contributed by atoms with E-state index in [2.05, 4.69) is 5.32 Å². The molecule has 118 valence electrons. The maximum atomic E-state index is 12.0. The van der Waals surface area contributed by atoms with Gasteiger partial charge in [-0.15, -0.1) is 0 Å². The molecule has 1 aliphatic rings. The summed E-state index contributed by atoms with van der Waals surface area (Å²) in [7, 11) is 1.61. The van der Waals surface area contributed by atoms with Crippen molar-refractivity contribution in [3.05, 3.63) is 11.6 Å². The molecule has 21 heavy (non-hydrogen) atoms. The van der Waals surface area contributed by atoms with Gasteiger partial charge in [-0.05, 0) is 18.4 Å². The minimum Gasteiger partial charge on any atom is -0.480 e. The van der Waals surface area contributed by atoms with Crippen molar-refractivity contribution >= 4 is 17.9 Å². The molecule has 1 aliphatic heterocycles. The monoisotopic (exact) mass is 299 g/mol. The number of nitrogens with zero attached hydrogens (tertiary/aromatic N) is 1. The summed E-state index contributed by atoms with van der Waals surface area (Å²) in [4.78, 5) is 35.3. The highest BCUT2D eigenvalue weighted by Gasteiger charge is 2.24. The molecule has 0 bridgehead atoms. The van der Waals surface area contributed by atoms with Gasteiger partial charge in [0.1, 0.15) is 6.04 Å². The van der Waals surface area contributed by atoms with Crippen LogP contribution in [0.3, 0.4) is 0 Å². The number of nitrogens with one attached hydrogen (secondary N) is 1. The fourth-order valence-electron chi connectivity index (χ4n) is 2.00. The van der Waals surface area contributed by atoms with Crippen LogP contribution in [0.5, 0.6) is 0 Å². The third-order valence-corrected chi connectivity index (χ3v) is 3.20. The molecule has 8 heteroatoms. The zero-order valence-corrected chi connectivity index (χ0v) is 12.0. The molecule has 1 rings (SSSR count). The Labute approximate surface area is 122 Å². The number of ether oxygens (including phenoxy) is 1. The van der Waals surface area contributed by atoms with Crippen molar-refractivity contribution in [3.8, 4) is 0 Å². The standard InChI is InChI=1S/C13H21N3O5/c1-21-8-9-4-6-16(7-5-9)13(20)15-10(12(18)19)2-3-11(14)17/h4,10H,2-3,5-8H2,1H3,(H2,14,17)(H,15,20)(H,18,19)/t10-/m1/s1. The molecule has 0 fully saturated rings. The zero-order valence-electron chi connectivity index (χ0n) is 12.0. The van der Waals surface area contributed by atoms with Gasteiger partial charge in [0.15, 0.2) is 0 Å². The third kappa shape index (κ3) is 5.82. The van der Waals surface area contributed by atoms with E-state index in [1.54, 1.807) is 7.11 Å². The summed E-state index contributed by atoms with van der Waals surface area (Å²) in [6.45, 7) is 1.45. The van der Waals surface area contributed by atoms with E-state index in [1.807, 2.05) is 6.08 Å².